The number of sulfonamides is 2. The van der Waals surface area contributed by atoms with Crippen LogP contribution in [-0.2, 0) is 20.0 Å². The predicted molar refractivity (Wildman–Crippen MR) is 123 cm³/mol. The minimum absolute atomic E-state index is 0.0238. The van der Waals surface area contributed by atoms with Crippen LogP contribution in [0.25, 0.3) is 0 Å². The van der Waals surface area contributed by atoms with Gasteiger partial charge in [0.05, 0.1) is 23.5 Å². The molecule has 0 fully saturated rings. The molecule has 160 valence electrons. The first kappa shape index (κ1) is 23.2. The van der Waals surface area contributed by atoms with Gasteiger partial charge in [-0.25, -0.2) is 16.8 Å². The van der Waals surface area contributed by atoms with Crippen molar-refractivity contribution in [2.45, 2.75) is 9.10 Å². The average molecular weight is 572 g/mol. The number of ether oxygens (including phenoxy) is 1. The van der Waals surface area contributed by atoms with Gasteiger partial charge >= 0.3 is 0 Å². The highest BCUT2D eigenvalue weighted by Crippen LogP contribution is 2.36. The monoisotopic (exact) mass is 570 g/mol. The second-order valence-electron chi connectivity index (χ2n) is 5.74. The van der Waals surface area contributed by atoms with E-state index in [1.807, 2.05) is 0 Å². The summed E-state index contributed by atoms with van der Waals surface area (Å²) in [4.78, 5) is -0.117. The fraction of sp³-hybridized carbons (Fsp3) is 0.0588. The summed E-state index contributed by atoms with van der Waals surface area (Å²) < 4.78 is 61.7. The number of hydrogen-bond acceptors (Lipinski definition) is 6. The summed E-state index contributed by atoms with van der Waals surface area (Å²) in [6.07, 6.45) is 0. The maximum atomic E-state index is 12.9. The lowest BCUT2D eigenvalue weighted by molar-refractivity contribution is 0.403. The molecule has 0 aliphatic rings. The third kappa shape index (κ3) is 5.04. The van der Waals surface area contributed by atoms with E-state index in [9.17, 15) is 16.8 Å². The second-order valence-corrected chi connectivity index (χ2v) is 12.3. The highest BCUT2D eigenvalue weighted by molar-refractivity contribution is 9.10. The number of nitrogens with one attached hydrogen (secondary N) is 2. The Balaban J connectivity index is 1.97. The molecule has 30 heavy (non-hydrogen) atoms. The lowest BCUT2D eigenvalue weighted by Crippen LogP contribution is -2.17. The number of rotatable bonds is 7. The molecule has 13 heteroatoms. The van der Waals surface area contributed by atoms with Crippen LogP contribution in [0.4, 0.5) is 11.4 Å². The van der Waals surface area contributed by atoms with E-state index in [1.165, 1.54) is 37.4 Å². The van der Waals surface area contributed by atoms with Gasteiger partial charge in [0.2, 0.25) is 0 Å². The van der Waals surface area contributed by atoms with Gasteiger partial charge in [-0.15, -0.1) is 11.3 Å². The zero-order chi connectivity index (χ0) is 22.1. The molecule has 2 N–H and O–H groups in total. The summed E-state index contributed by atoms with van der Waals surface area (Å²) in [6, 6.07) is 11.7. The van der Waals surface area contributed by atoms with E-state index in [0.717, 1.165) is 11.3 Å². The van der Waals surface area contributed by atoms with Crippen molar-refractivity contribution in [3.05, 3.63) is 62.4 Å². The molecule has 0 atom stereocenters. The summed E-state index contributed by atoms with van der Waals surface area (Å²) in [7, 11) is -6.80. The van der Waals surface area contributed by atoms with E-state index in [4.69, 9.17) is 27.9 Å². The molecule has 1 heterocycles. The van der Waals surface area contributed by atoms with E-state index < -0.39 is 20.0 Å². The minimum Gasteiger partial charge on any atom is -0.495 e. The van der Waals surface area contributed by atoms with Gasteiger partial charge in [-0.2, -0.15) is 0 Å². The van der Waals surface area contributed by atoms with Crippen molar-refractivity contribution in [3.8, 4) is 5.75 Å². The molecular formula is C17H13BrCl2N2O5S3. The van der Waals surface area contributed by atoms with Crippen molar-refractivity contribution in [3.63, 3.8) is 0 Å². The van der Waals surface area contributed by atoms with Gasteiger partial charge in [-0.1, -0.05) is 51.3 Å². The molecule has 0 amide bonds. The van der Waals surface area contributed by atoms with Crippen LogP contribution in [0.5, 0.6) is 5.75 Å². The number of para-hydroxylation sites is 2. The fourth-order valence-corrected chi connectivity index (χ4v) is 7.12. The normalized spacial score (nSPS) is 11.9. The third-order valence-corrected chi connectivity index (χ3v) is 9.30. The highest BCUT2D eigenvalue weighted by atomic mass is 79.9. The lowest BCUT2D eigenvalue weighted by Gasteiger charge is -2.15. The molecule has 0 unspecified atom stereocenters. The zero-order valence-electron chi connectivity index (χ0n) is 15.0. The Kier molecular flexibility index (Phi) is 6.90. The Morgan fingerprint density at radius 1 is 0.933 bits per heavy atom. The van der Waals surface area contributed by atoms with Crippen molar-refractivity contribution in [2.75, 3.05) is 16.6 Å². The Hall–Kier alpha value is -1.50. The number of methoxy groups -OCH3 is 1. The topological polar surface area (TPSA) is 102 Å². The van der Waals surface area contributed by atoms with Gasteiger partial charge in [0.15, 0.2) is 0 Å². The standard InChI is InChI=1S/C17H13BrCl2N2O5S3/c1-27-14-7-6-10(18)8-15(14)29(23,24)21-12-4-2-3-5-13(12)22-30(25,26)16-9-11(19)17(20)28-16/h2-9,21-22H,1H3. The number of hydrogen-bond donors (Lipinski definition) is 2. The minimum atomic E-state index is -4.10. The van der Waals surface area contributed by atoms with Gasteiger partial charge in [0.1, 0.15) is 19.2 Å². The smallest absolute Gasteiger partial charge is 0.271 e. The van der Waals surface area contributed by atoms with Gasteiger partial charge in [-0.05, 0) is 36.4 Å². The van der Waals surface area contributed by atoms with E-state index in [2.05, 4.69) is 25.4 Å². The van der Waals surface area contributed by atoms with Gasteiger partial charge in [0.25, 0.3) is 20.0 Å². The first-order valence-corrected chi connectivity index (χ1v) is 13.3. The van der Waals surface area contributed by atoms with Crippen molar-refractivity contribution < 1.29 is 21.6 Å². The summed E-state index contributed by atoms with van der Waals surface area (Å²) in [5, 5.41) is 0.109. The predicted octanol–water partition coefficient (Wildman–Crippen LogP) is 5.43. The molecule has 0 saturated carbocycles. The van der Waals surface area contributed by atoms with Crippen molar-refractivity contribution in [1.82, 2.24) is 0 Å². The maximum Gasteiger partial charge on any atom is 0.271 e. The van der Waals surface area contributed by atoms with Crippen LogP contribution in [0, 0.1) is 0 Å². The van der Waals surface area contributed by atoms with Crippen LogP contribution in [0.15, 0.2) is 62.1 Å². The van der Waals surface area contributed by atoms with Gasteiger partial charge in [-0.3, -0.25) is 9.44 Å². The quantitative estimate of drug-likeness (QED) is 0.394. The van der Waals surface area contributed by atoms with Crippen LogP contribution in [0.2, 0.25) is 9.36 Å². The lowest BCUT2D eigenvalue weighted by atomic mass is 10.3. The fourth-order valence-electron chi connectivity index (χ4n) is 2.38. The van der Waals surface area contributed by atoms with Crippen molar-refractivity contribution in [1.29, 1.82) is 0 Å². The Morgan fingerprint density at radius 3 is 2.07 bits per heavy atom. The molecule has 0 aliphatic carbocycles. The van der Waals surface area contributed by atoms with E-state index in [0.29, 0.717) is 4.47 Å². The molecule has 3 rings (SSSR count). The molecule has 0 aliphatic heterocycles. The Labute approximate surface area is 196 Å². The van der Waals surface area contributed by atoms with Gasteiger partial charge < -0.3 is 4.74 Å². The van der Waals surface area contributed by atoms with Crippen molar-refractivity contribution >= 4 is 81.9 Å². The summed E-state index contributed by atoms with van der Waals surface area (Å²) in [5.41, 5.74) is 0.0486. The third-order valence-electron chi connectivity index (χ3n) is 3.72. The Morgan fingerprint density at radius 2 is 1.53 bits per heavy atom. The number of thiophene rings is 1. The van der Waals surface area contributed by atoms with Crippen molar-refractivity contribution in [2.24, 2.45) is 0 Å². The first-order chi connectivity index (χ1) is 14.0. The highest BCUT2D eigenvalue weighted by Gasteiger charge is 2.24. The summed E-state index contributed by atoms with van der Waals surface area (Å²) in [6.45, 7) is 0. The van der Waals surface area contributed by atoms with E-state index >= 15 is 0 Å². The SMILES string of the molecule is COc1ccc(Br)cc1S(=O)(=O)Nc1ccccc1NS(=O)(=O)c1cc(Cl)c(Cl)s1. The molecule has 1 aromatic heterocycles. The van der Waals surface area contributed by atoms with Crippen LogP contribution in [0.3, 0.4) is 0 Å². The molecular weight excluding hydrogens is 559 g/mol. The zero-order valence-corrected chi connectivity index (χ0v) is 20.6. The summed E-state index contributed by atoms with van der Waals surface area (Å²) in [5.74, 6) is 0.131. The van der Waals surface area contributed by atoms with E-state index in [1.54, 1.807) is 18.2 Å². The molecule has 7 nitrogen and oxygen atoms in total. The van der Waals surface area contributed by atoms with Crippen LogP contribution in [0.1, 0.15) is 0 Å². The van der Waals surface area contributed by atoms with Crippen LogP contribution in [-0.4, -0.2) is 23.9 Å². The molecule has 0 bridgehead atoms. The first-order valence-electron chi connectivity index (χ1n) is 7.96. The largest absolute Gasteiger partial charge is 0.495 e. The van der Waals surface area contributed by atoms with Crippen LogP contribution >= 0.6 is 50.5 Å². The molecule has 2 aromatic carbocycles. The van der Waals surface area contributed by atoms with E-state index in [-0.39, 0.29) is 35.6 Å². The Bertz CT molecular complexity index is 1290. The maximum absolute atomic E-state index is 12.9. The second kappa shape index (κ2) is 8.93. The molecule has 3 aromatic rings. The molecule has 0 spiro atoms. The summed E-state index contributed by atoms with van der Waals surface area (Å²) >= 11 is 15.7. The molecule has 0 saturated heterocycles. The number of anilines is 2. The number of halogens is 3. The van der Waals surface area contributed by atoms with Gasteiger partial charge in [0, 0.05) is 4.47 Å². The van der Waals surface area contributed by atoms with Crippen LogP contribution < -0.4 is 14.2 Å². The molecule has 0 radical (unpaired) electrons. The number of benzene rings is 2. The average Bonchev–Trinajstić information content (AvgIpc) is 3.02.